The Balaban J connectivity index is 2.50. The van der Waals surface area contributed by atoms with Crippen molar-refractivity contribution in [3.63, 3.8) is 0 Å². The minimum Gasteiger partial charge on any atom is -0.494 e. The zero-order chi connectivity index (χ0) is 19.3. The van der Waals surface area contributed by atoms with E-state index in [0.717, 1.165) is 0 Å². The van der Waals surface area contributed by atoms with Crippen molar-refractivity contribution in [2.45, 2.75) is 0 Å². The van der Waals surface area contributed by atoms with Gasteiger partial charge in [0, 0.05) is 0 Å². The third kappa shape index (κ3) is 3.80. The fourth-order valence-corrected chi connectivity index (χ4v) is 2.46. The summed E-state index contributed by atoms with van der Waals surface area (Å²) in [5, 5.41) is 11.3. The Bertz CT molecular complexity index is 823. The zero-order valence-electron chi connectivity index (χ0n) is 14.9. The second-order valence-electron chi connectivity index (χ2n) is 5.20. The molecule has 0 bridgehead atoms. The normalized spacial score (nSPS) is 10.6. The molecule has 0 aliphatic heterocycles. The summed E-state index contributed by atoms with van der Waals surface area (Å²) in [5.74, 6) is 1.68. The van der Waals surface area contributed by atoms with Gasteiger partial charge in [0.1, 0.15) is 5.75 Å². The molecule has 26 heavy (non-hydrogen) atoms. The first-order valence-electron chi connectivity index (χ1n) is 7.55. The van der Waals surface area contributed by atoms with Gasteiger partial charge in [0.2, 0.25) is 5.75 Å². The van der Waals surface area contributed by atoms with Gasteiger partial charge in [-0.1, -0.05) is 6.08 Å². The van der Waals surface area contributed by atoms with Crippen LogP contribution in [0.2, 0.25) is 0 Å². The molecule has 0 fully saturated rings. The van der Waals surface area contributed by atoms with Crippen molar-refractivity contribution in [3.8, 4) is 23.0 Å². The van der Waals surface area contributed by atoms with E-state index in [2.05, 4.69) is 0 Å². The molecule has 0 heterocycles. The summed E-state index contributed by atoms with van der Waals surface area (Å²) in [5.41, 5.74) is 7.12. The van der Waals surface area contributed by atoms with Crippen LogP contribution in [0.4, 0.5) is 11.4 Å². The number of hydrogen-bond donors (Lipinski definition) is 1. The molecule has 2 N–H and O–H groups in total. The van der Waals surface area contributed by atoms with E-state index in [4.69, 9.17) is 24.7 Å². The molecular formula is C18H20N2O6. The Labute approximate surface area is 150 Å². The molecule has 8 heteroatoms. The van der Waals surface area contributed by atoms with Crippen molar-refractivity contribution < 1.29 is 23.9 Å². The molecule has 0 unspecified atom stereocenters. The predicted octanol–water partition coefficient (Wildman–Crippen LogP) is 3.38. The number of hydrogen-bond acceptors (Lipinski definition) is 7. The molecule has 0 aliphatic rings. The van der Waals surface area contributed by atoms with E-state index in [1.807, 2.05) is 0 Å². The summed E-state index contributed by atoms with van der Waals surface area (Å²) in [6.07, 6.45) is 3.29. The van der Waals surface area contributed by atoms with E-state index in [9.17, 15) is 10.1 Å². The number of methoxy groups -OCH3 is 4. The van der Waals surface area contributed by atoms with Crippen LogP contribution >= 0.6 is 0 Å². The van der Waals surface area contributed by atoms with E-state index in [1.54, 1.807) is 24.3 Å². The predicted molar refractivity (Wildman–Crippen MR) is 99.1 cm³/mol. The van der Waals surface area contributed by atoms with Crippen LogP contribution in [0.25, 0.3) is 12.2 Å². The largest absolute Gasteiger partial charge is 0.494 e. The van der Waals surface area contributed by atoms with Crippen molar-refractivity contribution in [2.75, 3.05) is 34.2 Å². The number of benzene rings is 2. The van der Waals surface area contributed by atoms with Crippen LogP contribution in [-0.2, 0) is 0 Å². The standard InChI is InChI=1S/C18H20N2O6/c1-23-15-10-14(20(21)22)12(9-13(15)19)6-5-11-7-16(24-2)18(26-4)17(8-11)25-3/h5-10H,19H2,1-4H3/b6-5-. The highest BCUT2D eigenvalue weighted by molar-refractivity contribution is 5.79. The van der Waals surface area contributed by atoms with Crippen LogP contribution in [-0.4, -0.2) is 33.4 Å². The second-order valence-corrected chi connectivity index (χ2v) is 5.20. The smallest absolute Gasteiger partial charge is 0.280 e. The van der Waals surface area contributed by atoms with E-state index in [-0.39, 0.29) is 11.4 Å². The van der Waals surface area contributed by atoms with Crippen LogP contribution in [0.3, 0.4) is 0 Å². The zero-order valence-corrected chi connectivity index (χ0v) is 14.9. The average molecular weight is 360 g/mol. The lowest BCUT2D eigenvalue weighted by atomic mass is 10.1. The van der Waals surface area contributed by atoms with Crippen LogP contribution in [0, 0.1) is 10.1 Å². The topological polar surface area (TPSA) is 106 Å². The maximum atomic E-state index is 11.3. The Kier molecular flexibility index (Phi) is 5.90. The van der Waals surface area contributed by atoms with Gasteiger partial charge >= 0.3 is 0 Å². The Morgan fingerprint density at radius 2 is 1.46 bits per heavy atom. The number of rotatable bonds is 7. The molecule has 2 rings (SSSR count). The summed E-state index contributed by atoms with van der Waals surface area (Å²) < 4.78 is 20.9. The van der Waals surface area contributed by atoms with Gasteiger partial charge in [-0.15, -0.1) is 0 Å². The molecular weight excluding hydrogens is 340 g/mol. The van der Waals surface area contributed by atoms with Gasteiger partial charge in [0.05, 0.1) is 50.7 Å². The van der Waals surface area contributed by atoms with E-state index >= 15 is 0 Å². The van der Waals surface area contributed by atoms with Gasteiger partial charge in [-0.05, 0) is 29.8 Å². The van der Waals surface area contributed by atoms with Gasteiger partial charge in [0.15, 0.2) is 11.5 Å². The number of anilines is 1. The van der Waals surface area contributed by atoms with E-state index < -0.39 is 4.92 Å². The first kappa shape index (κ1) is 18.9. The number of nitrogen functional groups attached to an aromatic ring is 1. The fourth-order valence-electron chi connectivity index (χ4n) is 2.46. The molecule has 0 spiro atoms. The summed E-state index contributed by atoms with van der Waals surface area (Å²) in [6, 6.07) is 6.25. The first-order chi connectivity index (χ1) is 12.4. The average Bonchev–Trinajstić information content (AvgIpc) is 2.64. The van der Waals surface area contributed by atoms with Gasteiger partial charge in [0.25, 0.3) is 5.69 Å². The molecule has 0 amide bonds. The third-order valence-corrected chi connectivity index (χ3v) is 3.72. The van der Waals surface area contributed by atoms with Crippen LogP contribution in [0.1, 0.15) is 11.1 Å². The molecule has 0 atom stereocenters. The molecule has 2 aromatic carbocycles. The maximum absolute atomic E-state index is 11.3. The minimum absolute atomic E-state index is 0.111. The number of nitro benzene ring substituents is 1. The summed E-state index contributed by atoms with van der Waals surface area (Å²) in [6.45, 7) is 0. The molecule has 2 aromatic rings. The summed E-state index contributed by atoms with van der Waals surface area (Å²) in [4.78, 5) is 10.8. The Morgan fingerprint density at radius 3 is 1.92 bits per heavy atom. The lowest BCUT2D eigenvalue weighted by Gasteiger charge is -2.12. The van der Waals surface area contributed by atoms with Crippen LogP contribution in [0.15, 0.2) is 24.3 Å². The maximum Gasteiger partial charge on any atom is 0.280 e. The molecule has 0 saturated heterocycles. The number of nitro groups is 1. The Morgan fingerprint density at radius 1 is 0.885 bits per heavy atom. The summed E-state index contributed by atoms with van der Waals surface area (Å²) in [7, 11) is 5.94. The molecule has 138 valence electrons. The lowest BCUT2D eigenvalue weighted by Crippen LogP contribution is -1.98. The van der Waals surface area contributed by atoms with Crippen molar-refractivity contribution in [2.24, 2.45) is 0 Å². The fraction of sp³-hybridized carbons (Fsp3) is 0.222. The minimum atomic E-state index is -0.489. The van der Waals surface area contributed by atoms with Crippen molar-refractivity contribution in [1.29, 1.82) is 0 Å². The van der Waals surface area contributed by atoms with E-state index in [1.165, 1.54) is 40.6 Å². The summed E-state index contributed by atoms with van der Waals surface area (Å²) >= 11 is 0. The van der Waals surface area contributed by atoms with Crippen molar-refractivity contribution in [3.05, 3.63) is 45.5 Å². The van der Waals surface area contributed by atoms with Crippen molar-refractivity contribution >= 4 is 23.5 Å². The highest BCUT2D eigenvalue weighted by Gasteiger charge is 2.16. The SMILES string of the molecule is COc1cc([N+](=O)[O-])c(/C=C\c2cc(OC)c(OC)c(OC)c2)cc1N. The number of ether oxygens (including phenoxy) is 4. The first-order valence-corrected chi connectivity index (χ1v) is 7.55. The molecule has 0 radical (unpaired) electrons. The number of nitrogens with zero attached hydrogens (tertiary/aromatic N) is 1. The van der Waals surface area contributed by atoms with Gasteiger partial charge in [-0.25, -0.2) is 0 Å². The quantitative estimate of drug-likeness (QED) is 0.349. The highest BCUT2D eigenvalue weighted by Crippen LogP contribution is 2.39. The Hall–Kier alpha value is -3.42. The van der Waals surface area contributed by atoms with E-state index in [0.29, 0.717) is 34.1 Å². The third-order valence-electron chi connectivity index (χ3n) is 3.72. The van der Waals surface area contributed by atoms with Gasteiger partial charge in [-0.2, -0.15) is 0 Å². The highest BCUT2D eigenvalue weighted by atomic mass is 16.6. The monoisotopic (exact) mass is 360 g/mol. The molecule has 0 aliphatic carbocycles. The van der Waals surface area contributed by atoms with Crippen molar-refractivity contribution in [1.82, 2.24) is 0 Å². The second kappa shape index (κ2) is 8.11. The molecule has 8 nitrogen and oxygen atoms in total. The lowest BCUT2D eigenvalue weighted by molar-refractivity contribution is -0.385. The molecule has 0 saturated carbocycles. The molecule has 0 aromatic heterocycles. The van der Waals surface area contributed by atoms with Gasteiger partial charge < -0.3 is 24.7 Å². The van der Waals surface area contributed by atoms with Crippen LogP contribution in [0.5, 0.6) is 23.0 Å². The number of nitrogens with two attached hydrogens (primary N) is 1. The van der Waals surface area contributed by atoms with Crippen LogP contribution < -0.4 is 24.7 Å². The van der Waals surface area contributed by atoms with Gasteiger partial charge in [-0.3, -0.25) is 10.1 Å².